The molecule has 2 N–H and O–H groups in total. The van der Waals surface area contributed by atoms with Gasteiger partial charge >= 0.3 is 0 Å². The highest BCUT2D eigenvalue weighted by atomic mass is 32.1. The molecule has 8 nitrogen and oxygen atoms in total. The lowest BCUT2D eigenvalue weighted by Crippen LogP contribution is -2.13. The van der Waals surface area contributed by atoms with E-state index in [2.05, 4.69) is 20.7 Å². The quantitative estimate of drug-likeness (QED) is 0.328. The van der Waals surface area contributed by atoms with Crippen LogP contribution in [0.5, 0.6) is 0 Å². The maximum absolute atomic E-state index is 13.3. The summed E-state index contributed by atoms with van der Waals surface area (Å²) in [6, 6.07) is 13.1. The molecule has 10 heteroatoms. The van der Waals surface area contributed by atoms with Crippen LogP contribution in [0.15, 0.2) is 59.4 Å². The Hall–Kier alpha value is -3.89. The summed E-state index contributed by atoms with van der Waals surface area (Å²) in [4.78, 5) is 34.8. The average molecular weight is 489 g/mol. The Morgan fingerprint density at radius 1 is 1.03 bits per heavy atom. The highest BCUT2D eigenvalue weighted by Gasteiger charge is 2.19. The van der Waals surface area contributed by atoms with Gasteiger partial charge in [0.2, 0.25) is 5.91 Å². The van der Waals surface area contributed by atoms with Gasteiger partial charge in [-0.1, -0.05) is 18.2 Å². The molecule has 0 aliphatic rings. The monoisotopic (exact) mass is 488 g/mol. The summed E-state index contributed by atoms with van der Waals surface area (Å²) in [6.45, 7) is 4.12. The van der Waals surface area contributed by atoms with Crippen LogP contribution in [-0.2, 0) is 11.3 Å². The first kappa shape index (κ1) is 21.9. The first-order valence-corrected chi connectivity index (χ1v) is 12.3. The fourth-order valence-corrected chi connectivity index (χ4v) is 4.97. The number of anilines is 2. The number of nitrogens with one attached hydrogen (secondary N) is 2. The van der Waals surface area contributed by atoms with Crippen molar-refractivity contribution < 1.29 is 9.59 Å². The van der Waals surface area contributed by atoms with E-state index in [1.54, 1.807) is 28.3 Å². The van der Waals surface area contributed by atoms with Gasteiger partial charge in [-0.15, -0.1) is 22.7 Å². The topological polar surface area (TPSA) is 102 Å². The Morgan fingerprint density at radius 2 is 1.85 bits per heavy atom. The predicted octanol–water partition coefficient (Wildman–Crippen LogP) is 5.51. The first-order valence-electron chi connectivity index (χ1n) is 10.6. The molecule has 0 spiro atoms. The van der Waals surface area contributed by atoms with Gasteiger partial charge in [0, 0.05) is 30.1 Å². The van der Waals surface area contributed by atoms with Gasteiger partial charge in [-0.3, -0.25) is 14.9 Å². The fourth-order valence-electron chi connectivity index (χ4n) is 3.57. The van der Waals surface area contributed by atoms with Crippen LogP contribution in [0.4, 0.5) is 10.8 Å². The van der Waals surface area contributed by atoms with Crippen molar-refractivity contribution in [1.82, 2.24) is 19.7 Å². The molecule has 170 valence electrons. The van der Waals surface area contributed by atoms with Crippen LogP contribution in [0.2, 0.25) is 0 Å². The largest absolute Gasteiger partial charge is 0.326 e. The molecule has 0 aliphatic heterocycles. The number of nitrogens with zero attached hydrogens (tertiary/aromatic N) is 4. The van der Waals surface area contributed by atoms with Crippen molar-refractivity contribution in [3.05, 3.63) is 65.0 Å². The highest BCUT2D eigenvalue weighted by Crippen LogP contribution is 2.30. The molecule has 4 heterocycles. The number of thiophene rings is 1. The molecule has 0 saturated heterocycles. The first-order chi connectivity index (χ1) is 16.5. The second-order valence-electron chi connectivity index (χ2n) is 7.48. The van der Waals surface area contributed by atoms with Crippen LogP contribution in [-0.4, -0.2) is 31.6 Å². The summed E-state index contributed by atoms with van der Waals surface area (Å²) in [7, 11) is 0. The normalized spacial score (nSPS) is 11.0. The van der Waals surface area contributed by atoms with E-state index in [9.17, 15) is 9.59 Å². The SMILES string of the molecule is CCn1ncc2c(C(=O)Nc3nc(-c4ccc(NC(C)=O)cc4)cs3)cc(-c3cccs3)nc21. The zero-order valence-electron chi connectivity index (χ0n) is 18.4. The van der Waals surface area contributed by atoms with E-state index in [1.165, 1.54) is 18.3 Å². The van der Waals surface area contributed by atoms with Crippen LogP contribution in [0.3, 0.4) is 0 Å². The Bertz CT molecular complexity index is 1490. The summed E-state index contributed by atoms with van der Waals surface area (Å²) in [5.41, 5.74) is 4.27. The third-order valence-corrected chi connectivity index (χ3v) is 6.80. The van der Waals surface area contributed by atoms with E-state index < -0.39 is 0 Å². The molecule has 0 fully saturated rings. The van der Waals surface area contributed by atoms with Crippen molar-refractivity contribution in [2.45, 2.75) is 20.4 Å². The lowest BCUT2D eigenvalue weighted by Gasteiger charge is -2.07. The molecule has 0 saturated carbocycles. The molecule has 0 bridgehead atoms. The Labute approximate surface area is 203 Å². The van der Waals surface area contributed by atoms with E-state index >= 15 is 0 Å². The van der Waals surface area contributed by atoms with Gasteiger partial charge in [0.05, 0.1) is 33.4 Å². The number of hydrogen-bond acceptors (Lipinski definition) is 7. The van der Waals surface area contributed by atoms with Gasteiger partial charge in [0.1, 0.15) is 0 Å². The van der Waals surface area contributed by atoms with Crippen LogP contribution in [0.25, 0.3) is 32.9 Å². The summed E-state index contributed by atoms with van der Waals surface area (Å²) < 4.78 is 1.79. The van der Waals surface area contributed by atoms with Gasteiger partial charge in [-0.2, -0.15) is 5.10 Å². The number of amides is 2. The van der Waals surface area contributed by atoms with E-state index in [4.69, 9.17) is 4.98 Å². The van der Waals surface area contributed by atoms with Crippen molar-refractivity contribution in [1.29, 1.82) is 0 Å². The number of fused-ring (bicyclic) bond motifs is 1. The third kappa shape index (κ3) is 4.33. The number of hydrogen-bond donors (Lipinski definition) is 2. The van der Waals surface area contributed by atoms with Gasteiger partial charge < -0.3 is 5.32 Å². The van der Waals surface area contributed by atoms with Crippen molar-refractivity contribution in [2.75, 3.05) is 10.6 Å². The standard InChI is InChI=1S/C24H20N6O2S2/c1-3-30-22-18(12-25-30)17(11-19(27-22)21-5-4-10-33-21)23(32)29-24-28-20(13-34-24)15-6-8-16(9-7-15)26-14(2)31/h4-13H,3H2,1-2H3,(H,26,31)(H,28,29,32). The van der Waals surface area contributed by atoms with E-state index in [0.29, 0.717) is 28.3 Å². The van der Waals surface area contributed by atoms with E-state index in [-0.39, 0.29) is 11.8 Å². The molecule has 0 radical (unpaired) electrons. The molecule has 5 aromatic rings. The van der Waals surface area contributed by atoms with Gasteiger partial charge in [-0.25, -0.2) is 14.6 Å². The molecule has 0 atom stereocenters. The number of carbonyl (C=O) groups is 2. The zero-order valence-corrected chi connectivity index (χ0v) is 20.0. The molecular formula is C24H20N6O2S2. The molecule has 0 aliphatic carbocycles. The minimum absolute atomic E-state index is 0.122. The predicted molar refractivity (Wildman–Crippen MR) is 136 cm³/mol. The number of benzene rings is 1. The van der Waals surface area contributed by atoms with Crippen LogP contribution in [0, 0.1) is 0 Å². The molecular weight excluding hydrogens is 468 g/mol. The molecule has 5 rings (SSSR count). The van der Waals surface area contributed by atoms with Crippen molar-refractivity contribution >= 4 is 56.3 Å². The fraction of sp³-hybridized carbons (Fsp3) is 0.125. The maximum atomic E-state index is 13.3. The smallest absolute Gasteiger partial charge is 0.258 e. The number of pyridine rings is 1. The Kier molecular flexibility index (Phi) is 5.91. The van der Waals surface area contributed by atoms with Crippen molar-refractivity contribution in [3.8, 4) is 21.8 Å². The number of aromatic nitrogens is 4. The lowest BCUT2D eigenvalue weighted by molar-refractivity contribution is -0.114. The maximum Gasteiger partial charge on any atom is 0.258 e. The van der Waals surface area contributed by atoms with E-state index in [1.807, 2.05) is 54.1 Å². The number of aryl methyl sites for hydroxylation is 1. The number of carbonyl (C=O) groups excluding carboxylic acids is 2. The number of thiazole rings is 1. The van der Waals surface area contributed by atoms with Crippen LogP contribution in [0.1, 0.15) is 24.2 Å². The molecule has 34 heavy (non-hydrogen) atoms. The lowest BCUT2D eigenvalue weighted by atomic mass is 10.1. The molecule has 4 aromatic heterocycles. The third-order valence-electron chi connectivity index (χ3n) is 5.15. The molecule has 0 unspecified atom stereocenters. The van der Waals surface area contributed by atoms with Crippen molar-refractivity contribution in [2.24, 2.45) is 0 Å². The van der Waals surface area contributed by atoms with Gasteiger partial charge in [0.25, 0.3) is 5.91 Å². The average Bonchev–Trinajstić information content (AvgIpc) is 3.59. The minimum Gasteiger partial charge on any atom is -0.326 e. The Balaban J connectivity index is 1.43. The van der Waals surface area contributed by atoms with Crippen LogP contribution < -0.4 is 10.6 Å². The van der Waals surface area contributed by atoms with Crippen LogP contribution >= 0.6 is 22.7 Å². The molecule has 2 amide bonds. The highest BCUT2D eigenvalue weighted by molar-refractivity contribution is 7.14. The molecule has 1 aromatic carbocycles. The Morgan fingerprint density at radius 3 is 2.56 bits per heavy atom. The van der Waals surface area contributed by atoms with E-state index in [0.717, 1.165) is 27.5 Å². The zero-order chi connectivity index (χ0) is 23.7. The number of rotatable bonds is 6. The second kappa shape index (κ2) is 9.16. The summed E-state index contributed by atoms with van der Waals surface area (Å²) >= 11 is 2.92. The summed E-state index contributed by atoms with van der Waals surface area (Å²) in [6.07, 6.45) is 1.68. The second-order valence-corrected chi connectivity index (χ2v) is 9.29. The van der Waals surface area contributed by atoms with Crippen molar-refractivity contribution in [3.63, 3.8) is 0 Å². The minimum atomic E-state index is -0.261. The van der Waals surface area contributed by atoms with Gasteiger partial charge in [0.15, 0.2) is 10.8 Å². The van der Waals surface area contributed by atoms with Gasteiger partial charge in [-0.05, 0) is 36.6 Å². The summed E-state index contributed by atoms with van der Waals surface area (Å²) in [5.74, 6) is -0.383. The summed E-state index contributed by atoms with van der Waals surface area (Å²) in [5, 5.41) is 15.1.